The maximum absolute atomic E-state index is 13.7. The topological polar surface area (TPSA) is 77.1 Å². The zero-order valence-electron chi connectivity index (χ0n) is 17.5. The maximum Gasteiger partial charge on any atom is 0.256 e. The van der Waals surface area contributed by atoms with Crippen LogP contribution in [0.1, 0.15) is 37.7 Å². The number of hydrogen-bond donors (Lipinski definition) is 2. The normalized spacial score (nSPS) is 25.9. The lowest BCUT2D eigenvalue weighted by atomic mass is 9.99. The second kappa shape index (κ2) is 7.94. The number of rotatable bonds is 6. The minimum atomic E-state index is -2.66. The molecule has 0 radical (unpaired) electrons. The number of halogens is 2. The van der Waals surface area contributed by atoms with E-state index in [1.54, 1.807) is 12.3 Å². The van der Waals surface area contributed by atoms with Gasteiger partial charge in [0, 0.05) is 43.9 Å². The number of nitrogens with one attached hydrogen (secondary N) is 2. The summed E-state index contributed by atoms with van der Waals surface area (Å²) in [6.07, 6.45) is 8.12. The Morgan fingerprint density at radius 3 is 2.87 bits per heavy atom. The highest BCUT2D eigenvalue weighted by Gasteiger charge is 2.58. The summed E-state index contributed by atoms with van der Waals surface area (Å²) in [7, 11) is 3.90. The molecule has 1 amide bonds. The Bertz CT molecular complexity index is 956. The molecule has 3 heterocycles. The van der Waals surface area contributed by atoms with E-state index in [0.29, 0.717) is 35.5 Å². The predicted molar refractivity (Wildman–Crippen MR) is 112 cm³/mol. The molecule has 7 nitrogen and oxygen atoms in total. The van der Waals surface area contributed by atoms with Gasteiger partial charge in [-0.3, -0.25) is 4.79 Å². The van der Waals surface area contributed by atoms with Crippen LogP contribution < -0.4 is 5.32 Å². The van der Waals surface area contributed by atoms with Crippen LogP contribution in [0.5, 0.6) is 0 Å². The van der Waals surface area contributed by atoms with Crippen LogP contribution in [-0.2, 0) is 4.79 Å². The molecule has 2 aromatic rings. The molecule has 1 unspecified atom stereocenters. The van der Waals surface area contributed by atoms with E-state index in [4.69, 9.17) is 0 Å². The van der Waals surface area contributed by atoms with Crippen molar-refractivity contribution in [1.29, 1.82) is 0 Å². The summed E-state index contributed by atoms with van der Waals surface area (Å²) in [6, 6.07) is 0.144. The van der Waals surface area contributed by atoms with Crippen molar-refractivity contribution >= 4 is 22.8 Å². The van der Waals surface area contributed by atoms with Crippen molar-refractivity contribution in [2.75, 3.05) is 32.5 Å². The Labute approximate surface area is 174 Å². The van der Waals surface area contributed by atoms with Crippen molar-refractivity contribution in [1.82, 2.24) is 24.8 Å². The number of likely N-dealkylation sites (N-methyl/N-ethyl adjacent to an activating group) is 1. The summed E-state index contributed by atoms with van der Waals surface area (Å²) < 4.78 is 27.4. The number of H-pyrrole nitrogens is 1. The summed E-state index contributed by atoms with van der Waals surface area (Å²) >= 11 is 0. The van der Waals surface area contributed by atoms with Crippen molar-refractivity contribution in [3.8, 4) is 0 Å². The lowest BCUT2D eigenvalue weighted by Gasteiger charge is -2.38. The molecule has 0 bridgehead atoms. The fourth-order valence-electron chi connectivity index (χ4n) is 4.11. The van der Waals surface area contributed by atoms with Gasteiger partial charge in [0.15, 0.2) is 0 Å². The fraction of sp³-hybridized carbons (Fsp3) is 0.571. The van der Waals surface area contributed by atoms with Crippen LogP contribution in [-0.4, -0.2) is 75.9 Å². The molecule has 2 N–H and O–H groups in total. The van der Waals surface area contributed by atoms with E-state index in [9.17, 15) is 13.6 Å². The van der Waals surface area contributed by atoms with Crippen molar-refractivity contribution in [3.05, 3.63) is 30.2 Å². The second-order valence-electron chi connectivity index (χ2n) is 8.63. The number of nitrogens with zero attached hydrogens (tertiary/aromatic N) is 4. The monoisotopic (exact) mass is 418 g/mol. The molecule has 1 aliphatic carbocycles. The first-order valence-electron chi connectivity index (χ1n) is 10.3. The number of aromatic amines is 1. The summed E-state index contributed by atoms with van der Waals surface area (Å²) in [5, 5.41) is 4.02. The lowest BCUT2D eigenvalue weighted by molar-refractivity contribution is -0.129. The molecule has 1 aliphatic heterocycles. The van der Waals surface area contributed by atoms with Crippen LogP contribution in [0.3, 0.4) is 0 Å². The van der Waals surface area contributed by atoms with E-state index in [2.05, 4.69) is 27.2 Å². The molecule has 0 aromatic carbocycles. The number of carbonyl (C=O) groups excluding carboxylic acids is 1. The number of aromatic nitrogens is 3. The van der Waals surface area contributed by atoms with Gasteiger partial charge in [-0.05, 0) is 39.4 Å². The standard InChI is InChI=1S/C21H28F2N6O/c1-13-6-7-14(11-29(13)17(30)5-4-8-28(2)3)27-20-18-15(16-9-21(16,22)23)10-24-19(18)25-12-26-20/h4-5,10,12-14,16H,6-9,11H2,1-3H3,(H2,24,25,26,27)/b5-4+/t13-,14+,16?/m0/s1. The summed E-state index contributed by atoms with van der Waals surface area (Å²) in [6.45, 7) is 3.30. The number of hydrogen-bond acceptors (Lipinski definition) is 5. The van der Waals surface area contributed by atoms with Gasteiger partial charge in [-0.2, -0.15) is 0 Å². The Kier molecular flexibility index (Phi) is 5.48. The van der Waals surface area contributed by atoms with Crippen molar-refractivity contribution in [2.24, 2.45) is 0 Å². The fourth-order valence-corrected chi connectivity index (χ4v) is 4.11. The van der Waals surface area contributed by atoms with E-state index in [0.717, 1.165) is 12.8 Å². The van der Waals surface area contributed by atoms with Gasteiger partial charge < -0.3 is 20.1 Å². The first-order valence-corrected chi connectivity index (χ1v) is 10.3. The number of alkyl halides is 2. The van der Waals surface area contributed by atoms with Crippen molar-refractivity contribution in [3.63, 3.8) is 0 Å². The third-order valence-corrected chi connectivity index (χ3v) is 5.94. The highest BCUT2D eigenvalue weighted by Crippen LogP contribution is 2.57. The molecule has 2 fully saturated rings. The molecule has 2 aromatic heterocycles. The quantitative estimate of drug-likeness (QED) is 0.706. The van der Waals surface area contributed by atoms with Gasteiger partial charge >= 0.3 is 0 Å². The third kappa shape index (κ3) is 4.16. The smallest absolute Gasteiger partial charge is 0.256 e. The summed E-state index contributed by atoms with van der Waals surface area (Å²) in [4.78, 5) is 28.0. The first-order chi connectivity index (χ1) is 14.3. The Morgan fingerprint density at radius 1 is 1.40 bits per heavy atom. The van der Waals surface area contributed by atoms with Gasteiger partial charge in [0.25, 0.3) is 5.92 Å². The van der Waals surface area contributed by atoms with E-state index in [-0.39, 0.29) is 24.4 Å². The number of carbonyl (C=O) groups is 1. The number of likely N-dealkylation sites (tertiary alicyclic amines) is 1. The summed E-state index contributed by atoms with van der Waals surface area (Å²) in [5.74, 6) is -2.91. The summed E-state index contributed by atoms with van der Waals surface area (Å²) in [5.41, 5.74) is 1.11. The van der Waals surface area contributed by atoms with Crippen LogP contribution >= 0.6 is 0 Å². The molecular formula is C21H28F2N6O. The number of piperidine rings is 1. The van der Waals surface area contributed by atoms with E-state index < -0.39 is 11.8 Å². The molecule has 9 heteroatoms. The highest BCUT2D eigenvalue weighted by atomic mass is 19.3. The largest absolute Gasteiger partial charge is 0.365 e. The Balaban J connectivity index is 1.50. The highest BCUT2D eigenvalue weighted by molar-refractivity contribution is 5.91. The molecule has 0 spiro atoms. The second-order valence-corrected chi connectivity index (χ2v) is 8.63. The predicted octanol–water partition coefficient (Wildman–Crippen LogP) is 2.99. The molecule has 3 atom stereocenters. The molecule has 1 saturated heterocycles. The van der Waals surface area contributed by atoms with Gasteiger partial charge in [-0.1, -0.05) is 6.08 Å². The molecule has 2 aliphatic rings. The molecule has 30 heavy (non-hydrogen) atoms. The van der Waals surface area contributed by atoms with E-state index >= 15 is 0 Å². The zero-order valence-corrected chi connectivity index (χ0v) is 17.5. The van der Waals surface area contributed by atoms with Crippen molar-refractivity contribution in [2.45, 2.75) is 50.1 Å². The van der Waals surface area contributed by atoms with Gasteiger partial charge in [0.2, 0.25) is 5.91 Å². The van der Waals surface area contributed by atoms with Gasteiger partial charge in [-0.25, -0.2) is 18.7 Å². The van der Waals surface area contributed by atoms with Crippen LogP contribution in [0.4, 0.5) is 14.6 Å². The lowest BCUT2D eigenvalue weighted by Crippen LogP contribution is -2.49. The van der Waals surface area contributed by atoms with Crippen LogP contribution in [0.15, 0.2) is 24.7 Å². The SMILES string of the molecule is C[C@H]1CC[C@@H](Nc2ncnc3[nH]cc(C4CC4(F)F)c23)CN1C(=O)/C=C/CN(C)C. The molecule has 162 valence electrons. The van der Waals surface area contributed by atoms with Crippen LogP contribution in [0.25, 0.3) is 11.0 Å². The van der Waals surface area contributed by atoms with E-state index in [1.807, 2.05) is 30.0 Å². The number of anilines is 1. The minimum absolute atomic E-state index is 0.00652. The maximum atomic E-state index is 13.7. The molecule has 1 saturated carbocycles. The van der Waals surface area contributed by atoms with Gasteiger partial charge in [-0.15, -0.1) is 0 Å². The molecule has 4 rings (SSSR count). The number of amides is 1. The first kappa shape index (κ1) is 20.7. The Hall–Kier alpha value is -2.55. The minimum Gasteiger partial charge on any atom is -0.365 e. The van der Waals surface area contributed by atoms with Crippen molar-refractivity contribution < 1.29 is 13.6 Å². The molecular weight excluding hydrogens is 390 g/mol. The zero-order chi connectivity index (χ0) is 21.5. The van der Waals surface area contributed by atoms with Gasteiger partial charge in [0.1, 0.15) is 17.8 Å². The average molecular weight is 418 g/mol. The average Bonchev–Trinajstić information content (AvgIpc) is 3.11. The third-order valence-electron chi connectivity index (χ3n) is 5.94. The van der Waals surface area contributed by atoms with Gasteiger partial charge in [0.05, 0.1) is 11.3 Å². The number of fused-ring (bicyclic) bond motifs is 1. The van der Waals surface area contributed by atoms with Crippen LogP contribution in [0, 0.1) is 0 Å². The Morgan fingerprint density at radius 2 is 2.17 bits per heavy atom. The van der Waals surface area contributed by atoms with Crippen LogP contribution in [0.2, 0.25) is 0 Å². The van der Waals surface area contributed by atoms with E-state index in [1.165, 1.54) is 6.33 Å².